The highest BCUT2D eigenvalue weighted by Gasteiger charge is 2.38. The van der Waals surface area contributed by atoms with Crippen LogP contribution in [0.15, 0.2) is 42.5 Å². The van der Waals surface area contributed by atoms with E-state index in [0.717, 1.165) is 22.4 Å². The van der Waals surface area contributed by atoms with E-state index < -0.39 is 6.09 Å². The number of nitrogens with two attached hydrogens (primary N) is 1. The second kappa shape index (κ2) is 10.0. The van der Waals surface area contributed by atoms with Crippen molar-refractivity contribution in [2.45, 2.75) is 52.2 Å². The number of anilines is 1. The summed E-state index contributed by atoms with van der Waals surface area (Å²) >= 11 is 0. The van der Waals surface area contributed by atoms with Gasteiger partial charge in [-0.25, -0.2) is 4.79 Å². The SMILES string of the molecule is CC(=O)N1c2ccc(-c3ccc(C(=O)NCCN)cc3)cc2[C@H](N(C(=O)O)C(C)C)C[C@@H]1C. The number of carboxylic acid groups (broad SMARTS) is 1. The van der Waals surface area contributed by atoms with Crippen molar-refractivity contribution in [3.8, 4) is 11.1 Å². The van der Waals surface area contributed by atoms with Gasteiger partial charge < -0.3 is 21.1 Å². The molecule has 0 saturated carbocycles. The number of nitrogens with zero attached hydrogens (tertiary/aromatic N) is 2. The van der Waals surface area contributed by atoms with Crippen LogP contribution in [0.5, 0.6) is 0 Å². The first-order chi connectivity index (χ1) is 15.6. The number of hydrogen-bond acceptors (Lipinski definition) is 4. The van der Waals surface area contributed by atoms with Gasteiger partial charge in [-0.15, -0.1) is 0 Å². The summed E-state index contributed by atoms with van der Waals surface area (Å²) in [5.41, 5.74) is 9.30. The molecule has 0 radical (unpaired) electrons. The van der Waals surface area contributed by atoms with E-state index in [4.69, 9.17) is 5.73 Å². The van der Waals surface area contributed by atoms with Crippen molar-refractivity contribution in [3.63, 3.8) is 0 Å². The smallest absolute Gasteiger partial charge is 0.408 e. The summed E-state index contributed by atoms with van der Waals surface area (Å²) in [6.07, 6.45) is -0.469. The molecule has 2 atom stereocenters. The lowest BCUT2D eigenvalue weighted by Gasteiger charge is -2.43. The molecule has 2 aromatic carbocycles. The molecule has 0 bridgehead atoms. The molecule has 4 N–H and O–H groups in total. The molecule has 176 valence electrons. The molecular formula is C25H32N4O4. The van der Waals surface area contributed by atoms with E-state index >= 15 is 0 Å². The quantitative estimate of drug-likeness (QED) is 0.619. The van der Waals surface area contributed by atoms with Crippen LogP contribution >= 0.6 is 0 Å². The van der Waals surface area contributed by atoms with E-state index in [1.165, 1.54) is 11.8 Å². The van der Waals surface area contributed by atoms with E-state index in [9.17, 15) is 19.5 Å². The monoisotopic (exact) mass is 452 g/mol. The lowest BCUT2D eigenvalue weighted by atomic mass is 9.87. The summed E-state index contributed by atoms with van der Waals surface area (Å²) in [4.78, 5) is 39.9. The standard InChI is InChI=1S/C25H32N4O4/c1-15(2)28(25(32)33)23-13-16(3)29(17(4)30)22-10-9-20(14-21(22)23)18-5-7-19(8-6-18)24(31)27-12-11-26/h5-10,14-16,23H,11-13,26H2,1-4H3,(H,27,31)(H,32,33)/t16-,23+/m0/s1. The van der Waals surface area contributed by atoms with E-state index in [1.807, 2.05) is 51.1 Å². The largest absolute Gasteiger partial charge is 0.465 e. The molecule has 0 spiro atoms. The fourth-order valence-corrected chi connectivity index (χ4v) is 4.57. The molecule has 0 unspecified atom stereocenters. The van der Waals surface area contributed by atoms with Gasteiger partial charge in [-0.05, 0) is 68.1 Å². The molecule has 1 aliphatic rings. The summed E-state index contributed by atoms with van der Waals surface area (Å²) in [5, 5.41) is 12.7. The lowest BCUT2D eigenvalue weighted by Crippen LogP contribution is -2.48. The summed E-state index contributed by atoms with van der Waals surface area (Å²) in [7, 11) is 0. The number of nitrogens with one attached hydrogen (secondary N) is 1. The summed E-state index contributed by atoms with van der Waals surface area (Å²) in [5.74, 6) is -0.258. The lowest BCUT2D eigenvalue weighted by molar-refractivity contribution is -0.117. The average molecular weight is 453 g/mol. The van der Waals surface area contributed by atoms with Crippen LogP contribution in [0.3, 0.4) is 0 Å². The second-order valence-corrected chi connectivity index (χ2v) is 8.67. The zero-order chi connectivity index (χ0) is 24.3. The van der Waals surface area contributed by atoms with Crippen molar-refractivity contribution in [1.82, 2.24) is 10.2 Å². The van der Waals surface area contributed by atoms with Gasteiger partial charge in [0.05, 0.1) is 6.04 Å². The van der Waals surface area contributed by atoms with Gasteiger partial charge in [0.25, 0.3) is 5.91 Å². The van der Waals surface area contributed by atoms with Crippen molar-refractivity contribution in [3.05, 3.63) is 53.6 Å². The van der Waals surface area contributed by atoms with Crippen LogP contribution in [-0.4, -0.2) is 53.1 Å². The molecular weight excluding hydrogens is 420 g/mol. The molecule has 1 aliphatic heterocycles. The molecule has 0 saturated heterocycles. The third kappa shape index (κ3) is 5.01. The summed E-state index contributed by atoms with van der Waals surface area (Å²) in [6, 6.07) is 12.3. The van der Waals surface area contributed by atoms with Gasteiger partial charge in [0.15, 0.2) is 0 Å². The topological polar surface area (TPSA) is 116 Å². The molecule has 2 aromatic rings. The second-order valence-electron chi connectivity index (χ2n) is 8.67. The minimum Gasteiger partial charge on any atom is -0.465 e. The molecule has 1 heterocycles. The Morgan fingerprint density at radius 2 is 1.79 bits per heavy atom. The molecule has 3 rings (SSSR count). The summed E-state index contributed by atoms with van der Waals surface area (Å²) in [6.45, 7) is 7.97. The normalized spacial score (nSPS) is 17.5. The number of rotatable bonds is 6. The first-order valence-electron chi connectivity index (χ1n) is 11.2. The third-order valence-electron chi connectivity index (χ3n) is 6.01. The minimum atomic E-state index is -0.984. The van der Waals surface area contributed by atoms with Gasteiger partial charge in [-0.3, -0.25) is 14.5 Å². The number of benzene rings is 2. The van der Waals surface area contributed by atoms with Crippen LogP contribution < -0.4 is 16.0 Å². The molecule has 0 aromatic heterocycles. The Kier molecular flexibility index (Phi) is 7.38. The maximum absolute atomic E-state index is 12.4. The van der Waals surface area contributed by atoms with Crippen LogP contribution in [0.2, 0.25) is 0 Å². The maximum atomic E-state index is 12.4. The van der Waals surface area contributed by atoms with E-state index in [-0.39, 0.29) is 29.9 Å². The number of fused-ring (bicyclic) bond motifs is 1. The molecule has 8 heteroatoms. The van der Waals surface area contributed by atoms with Gasteiger partial charge in [0.1, 0.15) is 0 Å². The first-order valence-corrected chi connectivity index (χ1v) is 11.2. The Morgan fingerprint density at radius 1 is 1.15 bits per heavy atom. The highest BCUT2D eigenvalue weighted by Crippen LogP contribution is 2.43. The Morgan fingerprint density at radius 3 is 2.33 bits per heavy atom. The van der Waals surface area contributed by atoms with Crippen LogP contribution in [-0.2, 0) is 4.79 Å². The van der Waals surface area contributed by atoms with Crippen molar-refractivity contribution in [1.29, 1.82) is 0 Å². The van der Waals surface area contributed by atoms with E-state index in [0.29, 0.717) is 25.1 Å². The Balaban J connectivity index is 2.04. The van der Waals surface area contributed by atoms with Crippen LogP contribution in [0, 0.1) is 0 Å². The molecule has 0 fully saturated rings. The highest BCUT2D eigenvalue weighted by atomic mass is 16.4. The van der Waals surface area contributed by atoms with Crippen LogP contribution in [0.4, 0.5) is 10.5 Å². The molecule has 3 amide bonds. The predicted octanol–water partition coefficient (Wildman–Crippen LogP) is 3.62. The predicted molar refractivity (Wildman–Crippen MR) is 128 cm³/mol. The van der Waals surface area contributed by atoms with Crippen molar-refractivity contribution in [2.75, 3.05) is 18.0 Å². The molecule has 0 aliphatic carbocycles. The molecule has 33 heavy (non-hydrogen) atoms. The fourth-order valence-electron chi connectivity index (χ4n) is 4.57. The van der Waals surface area contributed by atoms with Crippen LogP contribution in [0.1, 0.15) is 56.1 Å². The van der Waals surface area contributed by atoms with E-state index in [2.05, 4.69) is 5.32 Å². The summed E-state index contributed by atoms with van der Waals surface area (Å²) < 4.78 is 0. The highest BCUT2D eigenvalue weighted by molar-refractivity contribution is 5.95. The zero-order valence-corrected chi connectivity index (χ0v) is 19.5. The number of amides is 3. The van der Waals surface area contributed by atoms with Crippen molar-refractivity contribution in [2.24, 2.45) is 5.73 Å². The molecule has 8 nitrogen and oxygen atoms in total. The maximum Gasteiger partial charge on any atom is 0.408 e. The van der Waals surface area contributed by atoms with Gasteiger partial charge in [0, 0.05) is 43.3 Å². The van der Waals surface area contributed by atoms with Crippen molar-refractivity contribution < 1.29 is 19.5 Å². The van der Waals surface area contributed by atoms with Gasteiger partial charge in [0.2, 0.25) is 5.91 Å². The Labute approximate surface area is 194 Å². The fraction of sp³-hybridized carbons (Fsp3) is 0.400. The van der Waals surface area contributed by atoms with Gasteiger partial charge in [-0.1, -0.05) is 18.2 Å². The zero-order valence-electron chi connectivity index (χ0n) is 19.5. The number of carbonyl (C=O) groups is 3. The number of carbonyl (C=O) groups excluding carboxylic acids is 2. The van der Waals surface area contributed by atoms with Gasteiger partial charge in [-0.2, -0.15) is 0 Å². The minimum absolute atomic E-state index is 0.0748. The average Bonchev–Trinajstić information content (AvgIpc) is 2.76. The number of hydrogen-bond donors (Lipinski definition) is 3. The van der Waals surface area contributed by atoms with Gasteiger partial charge >= 0.3 is 6.09 Å². The first kappa shape index (κ1) is 24.3. The van der Waals surface area contributed by atoms with E-state index in [1.54, 1.807) is 17.0 Å². The van der Waals surface area contributed by atoms with Crippen molar-refractivity contribution >= 4 is 23.6 Å². The third-order valence-corrected chi connectivity index (χ3v) is 6.01. The van der Waals surface area contributed by atoms with Crippen LogP contribution in [0.25, 0.3) is 11.1 Å². The Hall–Kier alpha value is -3.39. The Bertz CT molecular complexity index is 1040.